The van der Waals surface area contributed by atoms with Crippen LogP contribution in [-0.4, -0.2) is 51.7 Å². The lowest BCUT2D eigenvalue weighted by Crippen LogP contribution is -2.48. The van der Waals surface area contributed by atoms with E-state index in [1.165, 1.54) is 12.1 Å². The number of nitro benzene ring substituents is 1. The van der Waals surface area contributed by atoms with Crippen molar-refractivity contribution in [3.63, 3.8) is 0 Å². The largest absolute Gasteiger partial charge is 0.492 e. The van der Waals surface area contributed by atoms with Crippen LogP contribution in [0.1, 0.15) is 45.2 Å². The van der Waals surface area contributed by atoms with Crippen molar-refractivity contribution in [3.8, 4) is 17.1 Å². The molecule has 0 radical (unpaired) electrons. The molecule has 39 heavy (non-hydrogen) atoms. The minimum absolute atomic E-state index is 0.0215. The number of benzene rings is 2. The Morgan fingerprint density at radius 1 is 1.15 bits per heavy atom. The van der Waals surface area contributed by atoms with E-state index in [4.69, 9.17) is 4.74 Å². The smallest absolute Gasteiger partial charge is 0.270 e. The second-order valence-corrected chi connectivity index (χ2v) is 11.0. The number of imidazole rings is 1. The molecular weight excluding hydrogens is 496 g/mol. The summed E-state index contributed by atoms with van der Waals surface area (Å²) in [5.74, 6) is 1.64. The van der Waals surface area contributed by atoms with Gasteiger partial charge in [0.1, 0.15) is 24.0 Å². The highest BCUT2D eigenvalue weighted by molar-refractivity contribution is 5.87. The Morgan fingerprint density at radius 2 is 1.92 bits per heavy atom. The molecule has 9 nitrogen and oxygen atoms in total. The maximum absolute atomic E-state index is 13.1. The highest BCUT2D eigenvalue weighted by atomic mass is 16.6. The van der Waals surface area contributed by atoms with Gasteiger partial charge in [0.05, 0.1) is 11.5 Å². The van der Waals surface area contributed by atoms with Gasteiger partial charge in [0.25, 0.3) is 5.69 Å². The average Bonchev–Trinajstić information content (AvgIpc) is 3.40. The Hall–Kier alpha value is -4.01. The normalized spacial score (nSPS) is 17.7. The van der Waals surface area contributed by atoms with Crippen molar-refractivity contribution in [1.82, 2.24) is 14.9 Å². The van der Waals surface area contributed by atoms with Gasteiger partial charge in [0.15, 0.2) is 0 Å². The Morgan fingerprint density at radius 3 is 2.64 bits per heavy atom. The van der Waals surface area contributed by atoms with Gasteiger partial charge in [-0.2, -0.15) is 0 Å². The van der Waals surface area contributed by atoms with Gasteiger partial charge in [-0.05, 0) is 42.7 Å². The Kier molecular flexibility index (Phi) is 8.79. The topological polar surface area (TPSA) is 118 Å². The van der Waals surface area contributed by atoms with Crippen molar-refractivity contribution in [1.29, 1.82) is 0 Å². The molecule has 206 valence electrons. The summed E-state index contributed by atoms with van der Waals surface area (Å²) in [4.78, 5) is 45.6. The molecule has 1 fully saturated rings. The van der Waals surface area contributed by atoms with Crippen LogP contribution in [0.3, 0.4) is 0 Å². The van der Waals surface area contributed by atoms with Crippen LogP contribution in [0.2, 0.25) is 0 Å². The number of amides is 1. The van der Waals surface area contributed by atoms with Crippen LogP contribution in [0.4, 0.5) is 5.69 Å². The molecule has 0 aliphatic heterocycles. The number of rotatable bonds is 13. The van der Waals surface area contributed by atoms with Crippen molar-refractivity contribution < 1.29 is 19.2 Å². The van der Waals surface area contributed by atoms with Crippen molar-refractivity contribution in [2.24, 2.45) is 17.3 Å². The first-order valence-electron chi connectivity index (χ1n) is 13.4. The number of nitro groups is 1. The first-order valence-corrected chi connectivity index (χ1v) is 13.4. The van der Waals surface area contributed by atoms with E-state index in [2.05, 4.69) is 23.8 Å². The molecule has 1 amide bonds. The van der Waals surface area contributed by atoms with E-state index in [-0.39, 0.29) is 47.5 Å². The maximum atomic E-state index is 13.1. The minimum Gasteiger partial charge on any atom is -0.492 e. The van der Waals surface area contributed by atoms with Crippen LogP contribution >= 0.6 is 0 Å². The molecule has 1 N–H and O–H groups in total. The predicted molar refractivity (Wildman–Crippen MR) is 148 cm³/mol. The van der Waals surface area contributed by atoms with Crippen LogP contribution in [0, 0.1) is 27.4 Å². The Bertz CT molecular complexity index is 1300. The number of likely N-dealkylation sites (N-methyl/N-ethyl adjacent to an activating group) is 1. The maximum Gasteiger partial charge on any atom is 0.270 e. The second kappa shape index (κ2) is 12.2. The molecule has 9 heteroatoms. The molecule has 2 aromatic carbocycles. The van der Waals surface area contributed by atoms with E-state index in [1.54, 1.807) is 30.3 Å². The third-order valence-corrected chi connectivity index (χ3v) is 7.78. The average molecular weight is 533 g/mol. The third kappa shape index (κ3) is 7.10. The van der Waals surface area contributed by atoms with Crippen LogP contribution in [0.15, 0.2) is 60.8 Å². The number of non-ortho nitro benzene ring substituents is 1. The summed E-state index contributed by atoms with van der Waals surface area (Å²) in [5, 5.41) is 11.1. The van der Waals surface area contributed by atoms with E-state index in [0.29, 0.717) is 24.5 Å². The highest BCUT2D eigenvalue weighted by Crippen LogP contribution is 2.53. The number of hydrogen-bond acceptors (Lipinski definition) is 6. The number of hydrogen-bond donors (Lipinski definition) is 1. The van der Waals surface area contributed by atoms with Gasteiger partial charge in [-0.3, -0.25) is 19.7 Å². The lowest BCUT2D eigenvalue weighted by atomic mass is 9.53. The number of carbonyl (C=O) groups is 2. The van der Waals surface area contributed by atoms with Crippen molar-refractivity contribution >= 4 is 17.4 Å². The zero-order valence-electron chi connectivity index (χ0n) is 22.8. The Balaban J connectivity index is 1.24. The summed E-state index contributed by atoms with van der Waals surface area (Å²) in [6.07, 6.45) is 4.59. The quantitative estimate of drug-likeness (QED) is 0.230. The van der Waals surface area contributed by atoms with Gasteiger partial charge in [-0.15, -0.1) is 0 Å². The highest BCUT2D eigenvalue weighted by Gasteiger charge is 2.49. The molecule has 0 spiro atoms. The van der Waals surface area contributed by atoms with Crippen molar-refractivity contribution in [2.75, 3.05) is 20.2 Å². The van der Waals surface area contributed by atoms with Crippen LogP contribution in [-0.2, 0) is 16.0 Å². The summed E-state index contributed by atoms with van der Waals surface area (Å²) in [6, 6.07) is 15.9. The molecule has 1 aliphatic rings. The minimum atomic E-state index is -0.421. The van der Waals surface area contributed by atoms with Crippen LogP contribution in [0.25, 0.3) is 11.4 Å². The van der Waals surface area contributed by atoms with E-state index < -0.39 is 4.92 Å². The molecule has 0 saturated heterocycles. The predicted octanol–water partition coefficient (Wildman–Crippen LogP) is 5.47. The summed E-state index contributed by atoms with van der Waals surface area (Å²) in [6.45, 7) is 5.24. The number of para-hydroxylation sites is 1. The molecule has 1 aliphatic carbocycles. The number of aromatic amines is 1. The van der Waals surface area contributed by atoms with E-state index in [9.17, 15) is 19.7 Å². The number of Topliss-reactive ketones (excluding diaryl/α,β-unsaturated/α-hetero) is 1. The first kappa shape index (κ1) is 28.0. The van der Waals surface area contributed by atoms with Crippen LogP contribution < -0.4 is 4.74 Å². The lowest BCUT2D eigenvalue weighted by Gasteiger charge is -2.51. The number of aryl methyl sites for hydroxylation is 1. The summed E-state index contributed by atoms with van der Waals surface area (Å²) >= 11 is 0. The van der Waals surface area contributed by atoms with Gasteiger partial charge in [0.2, 0.25) is 5.91 Å². The summed E-state index contributed by atoms with van der Waals surface area (Å²) in [5.41, 5.74) is 1.67. The number of aromatic nitrogens is 2. The Labute approximate surface area is 228 Å². The van der Waals surface area contributed by atoms with E-state index in [1.807, 2.05) is 30.3 Å². The fourth-order valence-corrected chi connectivity index (χ4v) is 5.43. The molecule has 3 aromatic rings. The number of nitrogens with one attached hydrogen (secondary N) is 1. The van der Waals surface area contributed by atoms with E-state index in [0.717, 1.165) is 30.7 Å². The fourth-order valence-electron chi connectivity index (χ4n) is 5.43. The molecular formula is C30H36N4O5. The number of carbonyl (C=O) groups excluding carboxylic acids is 2. The second-order valence-electron chi connectivity index (χ2n) is 11.0. The number of nitrogens with zero attached hydrogens (tertiary/aromatic N) is 3. The van der Waals surface area contributed by atoms with Gasteiger partial charge in [0, 0.05) is 55.4 Å². The first-order chi connectivity index (χ1) is 18.6. The standard InChI is InChI=1S/C30H36N4O5/c1-30(2)19-25(27(35)14-15-28(36)33(3)16-17-39-24-10-5-4-6-11-24)26(30)13-12-22-20-31-29(32-22)21-8-7-9-23(18-21)34(37)38/h4-11,18,20,25-26H,12-17,19H2,1-3H3,(H,31,32)/t25-,26+/m0/s1. The van der Waals surface area contributed by atoms with Crippen molar-refractivity contribution in [2.45, 2.75) is 46.0 Å². The van der Waals surface area contributed by atoms with Gasteiger partial charge in [-0.1, -0.05) is 44.2 Å². The zero-order valence-corrected chi connectivity index (χ0v) is 22.8. The van der Waals surface area contributed by atoms with E-state index >= 15 is 0 Å². The molecule has 0 unspecified atom stereocenters. The van der Waals surface area contributed by atoms with Gasteiger partial charge in [-0.25, -0.2) is 4.98 Å². The molecule has 4 rings (SSSR count). The molecule has 1 aromatic heterocycles. The fraction of sp³-hybridized carbons (Fsp3) is 0.433. The SMILES string of the molecule is CN(CCOc1ccccc1)C(=O)CCC(=O)[C@H]1CC(C)(C)[C@@H]1CCc1cnc(-c2cccc([N+](=O)[O-])c2)[nH]1. The zero-order chi connectivity index (χ0) is 28.0. The molecule has 1 heterocycles. The number of H-pyrrole nitrogens is 1. The summed E-state index contributed by atoms with van der Waals surface area (Å²) in [7, 11) is 1.74. The lowest BCUT2D eigenvalue weighted by molar-refractivity contribution is -0.384. The van der Waals surface area contributed by atoms with Gasteiger partial charge >= 0.3 is 0 Å². The molecule has 0 bridgehead atoms. The molecule has 2 atom stereocenters. The summed E-state index contributed by atoms with van der Waals surface area (Å²) < 4.78 is 5.66. The van der Waals surface area contributed by atoms with Gasteiger partial charge < -0.3 is 14.6 Å². The number of ketones is 1. The third-order valence-electron chi connectivity index (χ3n) is 7.78. The monoisotopic (exact) mass is 532 g/mol. The van der Waals surface area contributed by atoms with Crippen LogP contribution in [0.5, 0.6) is 5.75 Å². The number of ether oxygens (including phenoxy) is 1. The molecule has 1 saturated carbocycles. The van der Waals surface area contributed by atoms with Crippen molar-refractivity contribution in [3.05, 3.63) is 76.6 Å².